The molecule has 2 amide bonds. The Bertz CT molecular complexity index is 868. The molecule has 1 aromatic heterocycles. The van der Waals surface area contributed by atoms with Crippen molar-refractivity contribution in [1.29, 1.82) is 0 Å². The van der Waals surface area contributed by atoms with E-state index in [1.165, 1.54) is 16.2 Å². The predicted octanol–water partition coefficient (Wildman–Crippen LogP) is 2.67. The van der Waals surface area contributed by atoms with Crippen LogP contribution in [0.25, 0.3) is 0 Å². The number of rotatable bonds is 5. The molecule has 2 aromatic rings. The van der Waals surface area contributed by atoms with Gasteiger partial charge >= 0.3 is 6.09 Å². The highest BCUT2D eigenvalue weighted by Crippen LogP contribution is 2.25. The topological polar surface area (TPSA) is 109 Å². The van der Waals surface area contributed by atoms with Crippen LogP contribution in [0.5, 0.6) is 0 Å². The Morgan fingerprint density at radius 1 is 1.37 bits per heavy atom. The number of aliphatic imine (C=N–C) groups is 1. The van der Waals surface area contributed by atoms with E-state index in [0.29, 0.717) is 33.0 Å². The van der Waals surface area contributed by atoms with E-state index in [4.69, 9.17) is 22.2 Å². The maximum atomic E-state index is 12.1. The molecule has 10 heteroatoms. The number of anilines is 1. The molecule has 1 saturated heterocycles. The summed E-state index contributed by atoms with van der Waals surface area (Å²) in [5.74, 6) is 5.62. The molecule has 1 aliphatic rings. The van der Waals surface area contributed by atoms with Crippen LogP contribution in [0.2, 0.25) is 4.34 Å². The summed E-state index contributed by atoms with van der Waals surface area (Å²) in [4.78, 5) is 30.5. The Hall–Kier alpha value is -2.62. The number of halogens is 1. The van der Waals surface area contributed by atoms with Crippen LogP contribution in [0.4, 0.5) is 16.2 Å². The van der Waals surface area contributed by atoms with E-state index in [0.717, 1.165) is 0 Å². The average molecular weight is 408 g/mol. The minimum Gasteiger partial charge on any atom is -0.442 e. The van der Waals surface area contributed by atoms with Crippen LogP contribution >= 0.6 is 22.9 Å². The second-order valence-electron chi connectivity index (χ2n) is 5.79. The Labute approximate surface area is 164 Å². The molecule has 4 N–H and O–H groups in total. The molecule has 1 fully saturated rings. The summed E-state index contributed by atoms with van der Waals surface area (Å²) in [5, 5.41) is 2.76. The molecule has 2 heterocycles. The minimum absolute atomic E-state index is 0.223. The molecule has 27 heavy (non-hydrogen) atoms. The summed E-state index contributed by atoms with van der Waals surface area (Å²) in [7, 11) is 0. The first-order chi connectivity index (χ1) is 13.0. The number of carbonyl (C=O) groups excluding carboxylic acids is 2. The van der Waals surface area contributed by atoms with Gasteiger partial charge in [-0.05, 0) is 43.3 Å². The van der Waals surface area contributed by atoms with Crippen molar-refractivity contribution in [3.8, 4) is 0 Å². The quantitative estimate of drug-likeness (QED) is 0.305. The van der Waals surface area contributed by atoms with Gasteiger partial charge in [-0.2, -0.15) is 0 Å². The SMILES string of the molecule is CC(=Nc1ccc(N2C[C@H](CNC(=O)c3ccc(Cl)s3)OC2=O)cc1)NN. The molecule has 1 aromatic carbocycles. The molecule has 0 unspecified atom stereocenters. The molecule has 0 bridgehead atoms. The van der Waals surface area contributed by atoms with E-state index in [1.54, 1.807) is 43.3 Å². The van der Waals surface area contributed by atoms with Crippen LogP contribution in [0.1, 0.15) is 16.6 Å². The molecule has 1 atom stereocenters. The Morgan fingerprint density at radius 3 is 2.74 bits per heavy atom. The lowest BCUT2D eigenvalue weighted by Gasteiger charge is -2.13. The van der Waals surface area contributed by atoms with Gasteiger partial charge in [0.05, 0.1) is 28.0 Å². The predicted molar refractivity (Wildman–Crippen MR) is 106 cm³/mol. The number of nitrogens with zero attached hydrogens (tertiary/aromatic N) is 2. The van der Waals surface area contributed by atoms with E-state index in [2.05, 4.69) is 15.7 Å². The highest BCUT2D eigenvalue weighted by molar-refractivity contribution is 7.17. The number of hydrazine groups is 1. The molecule has 0 aliphatic carbocycles. The summed E-state index contributed by atoms with van der Waals surface area (Å²) in [6, 6.07) is 10.4. The lowest BCUT2D eigenvalue weighted by atomic mass is 10.2. The number of carbonyl (C=O) groups is 2. The molecule has 8 nitrogen and oxygen atoms in total. The molecular weight excluding hydrogens is 390 g/mol. The fourth-order valence-corrected chi connectivity index (χ4v) is 3.46. The number of benzene rings is 1. The molecule has 142 valence electrons. The number of cyclic esters (lactones) is 1. The zero-order valence-corrected chi connectivity index (χ0v) is 16.0. The first-order valence-corrected chi connectivity index (χ1v) is 9.29. The van der Waals surface area contributed by atoms with Crippen molar-refractivity contribution < 1.29 is 14.3 Å². The smallest absolute Gasteiger partial charge is 0.414 e. The molecular formula is C17H18ClN5O3S. The molecule has 3 rings (SSSR count). The van der Waals surface area contributed by atoms with E-state index >= 15 is 0 Å². The van der Waals surface area contributed by atoms with Gasteiger partial charge in [0, 0.05) is 5.69 Å². The van der Waals surface area contributed by atoms with E-state index in [9.17, 15) is 9.59 Å². The van der Waals surface area contributed by atoms with Crippen molar-refractivity contribution in [3.63, 3.8) is 0 Å². The third kappa shape index (κ3) is 4.76. The van der Waals surface area contributed by atoms with Crippen LogP contribution < -0.4 is 21.5 Å². The van der Waals surface area contributed by atoms with Crippen molar-refractivity contribution in [1.82, 2.24) is 10.7 Å². The van der Waals surface area contributed by atoms with Crippen molar-refractivity contribution in [2.75, 3.05) is 18.0 Å². The summed E-state index contributed by atoms with van der Waals surface area (Å²) in [6.07, 6.45) is -0.886. The number of nitrogens with two attached hydrogens (primary N) is 1. The lowest BCUT2D eigenvalue weighted by Crippen LogP contribution is -2.34. The van der Waals surface area contributed by atoms with Gasteiger partial charge in [0.25, 0.3) is 5.91 Å². The number of nitrogens with one attached hydrogen (secondary N) is 2. The number of ether oxygens (including phenoxy) is 1. The van der Waals surface area contributed by atoms with E-state index < -0.39 is 12.2 Å². The molecule has 1 aliphatic heterocycles. The first kappa shape index (κ1) is 19.2. The van der Waals surface area contributed by atoms with Crippen LogP contribution in [0.3, 0.4) is 0 Å². The van der Waals surface area contributed by atoms with Crippen LogP contribution in [-0.2, 0) is 4.74 Å². The zero-order valence-electron chi connectivity index (χ0n) is 14.4. The summed E-state index contributed by atoms with van der Waals surface area (Å²) >= 11 is 7.03. The van der Waals surface area contributed by atoms with Gasteiger partial charge in [0.15, 0.2) is 0 Å². The number of amides is 2. The average Bonchev–Trinajstić information content (AvgIpc) is 3.26. The number of thiophene rings is 1. The van der Waals surface area contributed by atoms with Crippen LogP contribution in [0.15, 0.2) is 41.4 Å². The maximum absolute atomic E-state index is 12.1. The minimum atomic E-state index is -0.454. The van der Waals surface area contributed by atoms with Gasteiger partial charge in [-0.1, -0.05) is 11.6 Å². The number of hydrogen-bond donors (Lipinski definition) is 3. The zero-order chi connectivity index (χ0) is 19.4. The van der Waals surface area contributed by atoms with Gasteiger partial charge in [-0.3, -0.25) is 9.69 Å². The fourth-order valence-electron chi connectivity index (χ4n) is 2.50. The lowest BCUT2D eigenvalue weighted by molar-refractivity contribution is 0.0920. The van der Waals surface area contributed by atoms with Gasteiger partial charge < -0.3 is 15.5 Å². The van der Waals surface area contributed by atoms with E-state index in [-0.39, 0.29) is 12.5 Å². The second-order valence-corrected chi connectivity index (χ2v) is 7.50. The monoisotopic (exact) mass is 407 g/mol. The Balaban J connectivity index is 1.58. The summed E-state index contributed by atoms with van der Waals surface area (Å²) in [5.41, 5.74) is 3.86. The maximum Gasteiger partial charge on any atom is 0.414 e. The van der Waals surface area contributed by atoms with Gasteiger partial charge in [-0.15, -0.1) is 11.3 Å². The number of hydrogen-bond acceptors (Lipinski definition) is 6. The third-order valence-corrected chi connectivity index (χ3v) is 5.06. The van der Waals surface area contributed by atoms with Gasteiger partial charge in [0.2, 0.25) is 0 Å². The van der Waals surface area contributed by atoms with Crippen molar-refractivity contribution >= 4 is 52.1 Å². The van der Waals surface area contributed by atoms with E-state index in [1.807, 2.05) is 0 Å². The molecule has 0 saturated carbocycles. The highest BCUT2D eigenvalue weighted by Gasteiger charge is 2.32. The highest BCUT2D eigenvalue weighted by atomic mass is 35.5. The normalized spacial score (nSPS) is 17.0. The summed E-state index contributed by atoms with van der Waals surface area (Å²) < 4.78 is 5.87. The Kier molecular flexibility index (Phi) is 5.94. The number of amidine groups is 1. The van der Waals surface area contributed by atoms with Crippen molar-refractivity contribution in [2.24, 2.45) is 10.8 Å². The fraction of sp³-hybridized carbons (Fsp3) is 0.235. The van der Waals surface area contributed by atoms with Crippen molar-refractivity contribution in [2.45, 2.75) is 13.0 Å². The first-order valence-electron chi connectivity index (χ1n) is 8.10. The second kappa shape index (κ2) is 8.38. The van der Waals surface area contributed by atoms with Crippen molar-refractivity contribution in [3.05, 3.63) is 45.6 Å². The molecule has 0 radical (unpaired) electrons. The van der Waals surface area contributed by atoms with Gasteiger partial charge in [-0.25, -0.2) is 15.6 Å². The third-order valence-electron chi connectivity index (χ3n) is 3.83. The summed E-state index contributed by atoms with van der Waals surface area (Å²) in [6.45, 7) is 2.31. The Morgan fingerprint density at radius 2 is 2.11 bits per heavy atom. The molecule has 0 spiro atoms. The van der Waals surface area contributed by atoms with Crippen LogP contribution in [-0.4, -0.2) is 37.0 Å². The standard InChI is InChI=1S/C17H18ClN5O3S/c1-10(22-19)21-11-2-4-12(5-3-11)23-9-13(26-17(23)25)8-20-16(24)14-6-7-15(18)27-14/h2-7,13H,8-9,19H2,1H3,(H,20,24)(H,21,22)/t13-/m0/s1. The van der Waals surface area contributed by atoms with Gasteiger partial charge in [0.1, 0.15) is 11.9 Å². The van der Waals surface area contributed by atoms with Crippen LogP contribution in [0, 0.1) is 0 Å². The largest absolute Gasteiger partial charge is 0.442 e.